The van der Waals surface area contributed by atoms with Crippen LogP contribution in [0.4, 0.5) is 0 Å². The Morgan fingerprint density at radius 1 is 1.36 bits per heavy atom. The third-order valence-electron chi connectivity index (χ3n) is 4.79. The number of carboxylic acids is 1. The molecule has 2 fully saturated rings. The van der Waals surface area contributed by atoms with Gasteiger partial charge in [0.15, 0.2) is 0 Å². The van der Waals surface area contributed by atoms with Crippen LogP contribution in [0.5, 0.6) is 0 Å². The SMILES string of the molecule is C[C@@H]1C[C@H]2[C@H](C[C@@H](C(=O)O)N2Cc2cc3ccccc3o2)O1. The number of ether oxygens (including phenoxy) is 1. The van der Waals surface area contributed by atoms with Crippen LogP contribution in [-0.4, -0.2) is 40.3 Å². The number of hydrogen-bond acceptors (Lipinski definition) is 4. The summed E-state index contributed by atoms with van der Waals surface area (Å²) in [5, 5.41) is 10.5. The van der Waals surface area contributed by atoms with Crippen LogP contribution in [0.1, 0.15) is 25.5 Å². The highest BCUT2D eigenvalue weighted by Gasteiger charge is 2.49. The maximum absolute atomic E-state index is 11.6. The van der Waals surface area contributed by atoms with Crippen LogP contribution in [0, 0.1) is 0 Å². The Labute approximate surface area is 128 Å². The quantitative estimate of drug-likeness (QED) is 0.944. The van der Waals surface area contributed by atoms with Crippen LogP contribution < -0.4 is 0 Å². The average molecular weight is 301 g/mol. The molecule has 4 rings (SSSR count). The van der Waals surface area contributed by atoms with Crippen molar-refractivity contribution in [1.29, 1.82) is 0 Å². The van der Waals surface area contributed by atoms with Gasteiger partial charge in [-0.15, -0.1) is 0 Å². The van der Waals surface area contributed by atoms with Crippen LogP contribution in [0.3, 0.4) is 0 Å². The highest BCUT2D eigenvalue weighted by molar-refractivity contribution is 5.77. The maximum Gasteiger partial charge on any atom is 0.321 e. The summed E-state index contributed by atoms with van der Waals surface area (Å²) >= 11 is 0. The number of nitrogens with zero attached hydrogens (tertiary/aromatic N) is 1. The monoisotopic (exact) mass is 301 g/mol. The fourth-order valence-electron chi connectivity index (χ4n) is 3.85. The summed E-state index contributed by atoms with van der Waals surface area (Å²) in [7, 11) is 0. The van der Waals surface area contributed by atoms with Crippen molar-refractivity contribution in [3.8, 4) is 0 Å². The Hall–Kier alpha value is -1.85. The van der Waals surface area contributed by atoms with Gasteiger partial charge in [-0.25, -0.2) is 0 Å². The van der Waals surface area contributed by atoms with Gasteiger partial charge in [0.05, 0.1) is 18.8 Å². The van der Waals surface area contributed by atoms with E-state index in [4.69, 9.17) is 9.15 Å². The van der Waals surface area contributed by atoms with E-state index >= 15 is 0 Å². The number of likely N-dealkylation sites (tertiary alicyclic amines) is 1. The van der Waals surface area contributed by atoms with Crippen molar-refractivity contribution in [1.82, 2.24) is 4.90 Å². The highest BCUT2D eigenvalue weighted by atomic mass is 16.5. The molecule has 0 spiro atoms. The number of para-hydroxylation sites is 1. The Bertz CT molecular complexity index is 677. The van der Waals surface area contributed by atoms with Gasteiger partial charge in [0.1, 0.15) is 17.4 Å². The smallest absolute Gasteiger partial charge is 0.321 e. The molecule has 5 nitrogen and oxygen atoms in total. The Kier molecular flexibility index (Phi) is 3.20. The fourth-order valence-corrected chi connectivity index (χ4v) is 3.85. The summed E-state index contributed by atoms with van der Waals surface area (Å²) in [6.07, 6.45) is 1.67. The zero-order valence-electron chi connectivity index (χ0n) is 12.4. The summed E-state index contributed by atoms with van der Waals surface area (Å²) in [5.41, 5.74) is 0.844. The molecule has 0 aliphatic carbocycles. The third-order valence-corrected chi connectivity index (χ3v) is 4.79. The molecule has 2 aromatic rings. The predicted octanol–water partition coefficient (Wildman–Crippen LogP) is 2.64. The Morgan fingerprint density at radius 2 is 2.18 bits per heavy atom. The first-order valence-corrected chi connectivity index (χ1v) is 7.73. The zero-order valence-corrected chi connectivity index (χ0v) is 12.4. The van der Waals surface area contributed by atoms with E-state index in [1.807, 2.05) is 42.2 Å². The molecule has 0 amide bonds. The van der Waals surface area contributed by atoms with E-state index in [0.29, 0.717) is 13.0 Å². The van der Waals surface area contributed by atoms with Crippen molar-refractivity contribution in [3.63, 3.8) is 0 Å². The number of aliphatic carboxylic acids is 1. The number of carboxylic acid groups (broad SMARTS) is 1. The molecule has 4 atom stereocenters. The minimum atomic E-state index is -0.776. The lowest BCUT2D eigenvalue weighted by Crippen LogP contribution is -2.40. The summed E-state index contributed by atoms with van der Waals surface area (Å²) < 4.78 is 11.7. The van der Waals surface area contributed by atoms with Gasteiger partial charge < -0.3 is 14.3 Å². The lowest BCUT2D eigenvalue weighted by Gasteiger charge is -2.25. The third kappa shape index (κ3) is 2.21. The van der Waals surface area contributed by atoms with Crippen LogP contribution in [0.2, 0.25) is 0 Å². The predicted molar refractivity (Wildman–Crippen MR) is 80.5 cm³/mol. The largest absolute Gasteiger partial charge is 0.480 e. The van der Waals surface area contributed by atoms with Crippen LogP contribution >= 0.6 is 0 Å². The molecule has 1 aromatic heterocycles. The number of rotatable bonds is 3. The minimum Gasteiger partial charge on any atom is -0.480 e. The molecule has 0 unspecified atom stereocenters. The number of fused-ring (bicyclic) bond motifs is 2. The molecular formula is C17H19NO4. The summed E-state index contributed by atoms with van der Waals surface area (Å²) in [4.78, 5) is 13.6. The molecule has 0 radical (unpaired) electrons. The van der Waals surface area contributed by atoms with E-state index in [2.05, 4.69) is 0 Å². The highest BCUT2D eigenvalue weighted by Crippen LogP contribution is 2.38. The van der Waals surface area contributed by atoms with Crippen molar-refractivity contribution >= 4 is 16.9 Å². The molecule has 2 aliphatic rings. The van der Waals surface area contributed by atoms with E-state index in [1.54, 1.807) is 0 Å². The molecule has 116 valence electrons. The normalized spacial score (nSPS) is 31.7. The standard InChI is InChI=1S/C17H19NO4/c1-10-6-13-16(21-10)8-14(17(19)20)18(13)9-12-7-11-4-2-3-5-15(11)22-12/h2-5,7,10,13-14,16H,6,8-9H2,1H3,(H,19,20)/t10-,13+,14+,16+/m1/s1. The molecule has 0 saturated carbocycles. The minimum absolute atomic E-state index is 0.0282. The van der Waals surface area contributed by atoms with E-state index in [9.17, 15) is 9.90 Å². The van der Waals surface area contributed by atoms with Crippen LogP contribution in [-0.2, 0) is 16.1 Å². The van der Waals surface area contributed by atoms with Crippen molar-refractivity contribution in [2.24, 2.45) is 0 Å². The molecular weight excluding hydrogens is 282 g/mol. The first-order valence-electron chi connectivity index (χ1n) is 7.73. The van der Waals surface area contributed by atoms with E-state index in [-0.39, 0.29) is 18.2 Å². The number of carbonyl (C=O) groups is 1. The van der Waals surface area contributed by atoms with Crippen molar-refractivity contribution in [2.45, 2.75) is 50.6 Å². The first-order chi connectivity index (χ1) is 10.6. The Morgan fingerprint density at radius 3 is 2.95 bits per heavy atom. The number of benzene rings is 1. The molecule has 22 heavy (non-hydrogen) atoms. The summed E-state index contributed by atoms with van der Waals surface area (Å²) in [5.74, 6) is 0.0365. The van der Waals surface area contributed by atoms with Crippen molar-refractivity contribution in [2.75, 3.05) is 0 Å². The van der Waals surface area contributed by atoms with Gasteiger partial charge in [0.25, 0.3) is 0 Å². The first kappa shape index (κ1) is 13.8. The van der Waals surface area contributed by atoms with E-state index < -0.39 is 12.0 Å². The molecule has 1 aromatic carbocycles. The van der Waals surface area contributed by atoms with E-state index in [0.717, 1.165) is 23.2 Å². The van der Waals surface area contributed by atoms with Crippen molar-refractivity contribution < 1.29 is 19.1 Å². The molecule has 5 heteroatoms. The van der Waals surface area contributed by atoms with Gasteiger partial charge in [0, 0.05) is 17.8 Å². The van der Waals surface area contributed by atoms with Crippen LogP contribution in [0.15, 0.2) is 34.7 Å². The maximum atomic E-state index is 11.6. The summed E-state index contributed by atoms with van der Waals surface area (Å²) in [6, 6.07) is 9.53. The molecule has 2 saturated heterocycles. The topological polar surface area (TPSA) is 62.9 Å². The van der Waals surface area contributed by atoms with Crippen molar-refractivity contribution in [3.05, 3.63) is 36.1 Å². The average Bonchev–Trinajstić information content (AvgIpc) is 3.12. The second kappa shape index (κ2) is 5.11. The number of hydrogen-bond donors (Lipinski definition) is 1. The van der Waals surface area contributed by atoms with Gasteiger partial charge in [0.2, 0.25) is 0 Å². The van der Waals surface area contributed by atoms with Gasteiger partial charge >= 0.3 is 5.97 Å². The lowest BCUT2D eigenvalue weighted by atomic mass is 10.1. The van der Waals surface area contributed by atoms with Gasteiger partial charge in [-0.2, -0.15) is 0 Å². The van der Waals surface area contributed by atoms with Gasteiger partial charge in [-0.05, 0) is 25.5 Å². The number of furan rings is 1. The van der Waals surface area contributed by atoms with E-state index in [1.165, 1.54) is 0 Å². The van der Waals surface area contributed by atoms with Crippen LogP contribution in [0.25, 0.3) is 11.0 Å². The lowest BCUT2D eigenvalue weighted by molar-refractivity contribution is -0.143. The summed E-state index contributed by atoms with van der Waals surface area (Å²) in [6.45, 7) is 2.57. The Balaban J connectivity index is 1.62. The molecule has 1 N–H and O–H groups in total. The van der Waals surface area contributed by atoms with Gasteiger partial charge in [-0.3, -0.25) is 9.69 Å². The molecule has 2 aliphatic heterocycles. The fraction of sp³-hybridized carbons (Fsp3) is 0.471. The second-order valence-corrected chi connectivity index (χ2v) is 6.30. The van der Waals surface area contributed by atoms with Gasteiger partial charge in [-0.1, -0.05) is 18.2 Å². The molecule has 0 bridgehead atoms. The zero-order chi connectivity index (χ0) is 15.3. The second-order valence-electron chi connectivity index (χ2n) is 6.30. The molecule has 3 heterocycles.